The number of nitrogens with zero attached hydrogens (tertiary/aromatic N) is 2. The molecule has 4 N–H and O–H groups in total. The summed E-state index contributed by atoms with van der Waals surface area (Å²) in [6.07, 6.45) is 0.542. The normalized spacial score (nSPS) is 13.1. The standard InChI is InChI=1S/C26H32ClN5O3Si/c1-16(13-26(3,4)36(5,6)35)23(30-21-12-11-20(15-29)22(27)17(21)2)25(34)32-31-24(33)19-9-7-18(14-28)8-10-19/h7-12,16,23,30,35H,13H2,1-6H3,(H,31,33)(H,32,34)/t16-,23-/m1/s1. The number of amides is 2. The minimum Gasteiger partial charge on any atom is -0.432 e. The molecule has 0 aromatic heterocycles. The second-order valence-corrected chi connectivity index (χ2v) is 14.9. The zero-order valence-electron chi connectivity index (χ0n) is 21.4. The van der Waals surface area contributed by atoms with Crippen LogP contribution in [-0.2, 0) is 4.79 Å². The van der Waals surface area contributed by atoms with Crippen LogP contribution in [-0.4, -0.2) is 31.0 Å². The van der Waals surface area contributed by atoms with Crippen LogP contribution in [0.1, 0.15) is 54.2 Å². The molecular formula is C26H32ClN5O3Si. The van der Waals surface area contributed by atoms with E-state index in [9.17, 15) is 19.6 Å². The number of anilines is 1. The van der Waals surface area contributed by atoms with Gasteiger partial charge in [-0.2, -0.15) is 10.5 Å². The fourth-order valence-electron chi connectivity index (χ4n) is 3.70. The highest BCUT2D eigenvalue weighted by Crippen LogP contribution is 2.42. The van der Waals surface area contributed by atoms with Crippen LogP contribution >= 0.6 is 11.6 Å². The zero-order valence-corrected chi connectivity index (χ0v) is 23.1. The van der Waals surface area contributed by atoms with Crippen LogP contribution in [0.4, 0.5) is 5.69 Å². The predicted octanol–water partition coefficient (Wildman–Crippen LogP) is 4.64. The molecule has 0 fully saturated rings. The highest BCUT2D eigenvalue weighted by molar-refractivity contribution is 6.72. The van der Waals surface area contributed by atoms with E-state index >= 15 is 0 Å². The van der Waals surface area contributed by atoms with E-state index in [1.165, 1.54) is 24.3 Å². The number of nitrogens with one attached hydrogen (secondary N) is 3. The Balaban J connectivity index is 2.29. The van der Waals surface area contributed by atoms with Crippen LogP contribution < -0.4 is 16.2 Å². The van der Waals surface area contributed by atoms with Crippen molar-refractivity contribution in [3.8, 4) is 12.1 Å². The van der Waals surface area contributed by atoms with E-state index in [0.29, 0.717) is 33.8 Å². The van der Waals surface area contributed by atoms with Crippen molar-refractivity contribution in [3.05, 3.63) is 63.7 Å². The molecule has 8 nitrogen and oxygen atoms in total. The van der Waals surface area contributed by atoms with Crippen LogP contribution in [0, 0.1) is 35.5 Å². The molecule has 0 heterocycles. The van der Waals surface area contributed by atoms with Crippen LogP contribution in [0.5, 0.6) is 0 Å². The van der Waals surface area contributed by atoms with Crippen molar-refractivity contribution in [3.63, 3.8) is 0 Å². The third-order valence-electron chi connectivity index (χ3n) is 6.73. The average molecular weight is 526 g/mol. The third kappa shape index (κ3) is 6.85. The van der Waals surface area contributed by atoms with Crippen molar-refractivity contribution in [2.24, 2.45) is 5.92 Å². The maximum atomic E-state index is 13.3. The van der Waals surface area contributed by atoms with Gasteiger partial charge in [-0.25, -0.2) is 0 Å². The van der Waals surface area contributed by atoms with Crippen LogP contribution in [0.15, 0.2) is 36.4 Å². The summed E-state index contributed by atoms with van der Waals surface area (Å²) in [6, 6.07) is 12.5. The van der Waals surface area contributed by atoms with Gasteiger partial charge in [-0.1, -0.05) is 32.4 Å². The van der Waals surface area contributed by atoms with Crippen molar-refractivity contribution < 1.29 is 14.4 Å². The summed E-state index contributed by atoms with van der Waals surface area (Å²) in [4.78, 5) is 36.6. The molecule has 2 atom stereocenters. The Bertz CT molecular complexity index is 1210. The first kappa shape index (κ1) is 28.9. The molecule has 2 aromatic carbocycles. The molecule has 0 spiro atoms. The Morgan fingerprint density at radius 3 is 2.22 bits per heavy atom. The van der Waals surface area contributed by atoms with Gasteiger partial charge in [0.1, 0.15) is 12.1 Å². The number of rotatable bonds is 8. The van der Waals surface area contributed by atoms with E-state index in [0.717, 1.165) is 0 Å². The number of carbonyl (C=O) groups excluding carboxylic acids is 2. The van der Waals surface area contributed by atoms with Crippen LogP contribution in [0.2, 0.25) is 23.2 Å². The summed E-state index contributed by atoms with van der Waals surface area (Å²) in [6.45, 7) is 11.4. The van der Waals surface area contributed by atoms with Crippen LogP contribution in [0.25, 0.3) is 0 Å². The summed E-state index contributed by atoms with van der Waals surface area (Å²) in [5, 5.41) is 21.3. The summed E-state index contributed by atoms with van der Waals surface area (Å²) in [7, 11) is -2.55. The molecule has 0 bridgehead atoms. The Morgan fingerprint density at radius 2 is 1.69 bits per heavy atom. The minimum atomic E-state index is -2.55. The second-order valence-electron chi connectivity index (χ2n) is 10.1. The topological polar surface area (TPSA) is 138 Å². The Labute approximate surface area is 218 Å². The van der Waals surface area contributed by atoms with Gasteiger partial charge in [0.15, 0.2) is 8.32 Å². The molecule has 0 radical (unpaired) electrons. The van der Waals surface area contributed by atoms with Gasteiger partial charge in [-0.15, -0.1) is 0 Å². The monoisotopic (exact) mass is 525 g/mol. The fourth-order valence-corrected chi connectivity index (χ4v) is 4.73. The first-order valence-corrected chi connectivity index (χ1v) is 14.8. The molecule has 0 aliphatic carbocycles. The summed E-state index contributed by atoms with van der Waals surface area (Å²) in [5.41, 5.74) is 7.16. The van der Waals surface area contributed by atoms with E-state index in [4.69, 9.17) is 16.9 Å². The molecule has 0 saturated carbocycles. The fraction of sp³-hybridized carbons (Fsp3) is 0.385. The van der Waals surface area contributed by atoms with Crippen molar-refractivity contribution in [2.45, 2.75) is 58.3 Å². The highest BCUT2D eigenvalue weighted by Gasteiger charge is 2.41. The smallest absolute Gasteiger partial charge is 0.269 e. The van der Waals surface area contributed by atoms with Crippen molar-refractivity contribution >= 4 is 37.4 Å². The van der Waals surface area contributed by atoms with E-state index < -0.39 is 31.2 Å². The number of hydrazine groups is 1. The van der Waals surface area contributed by atoms with Gasteiger partial charge < -0.3 is 10.1 Å². The number of hydrogen-bond donors (Lipinski definition) is 4. The predicted molar refractivity (Wildman–Crippen MR) is 143 cm³/mol. The molecular weight excluding hydrogens is 494 g/mol. The zero-order chi connectivity index (χ0) is 27.3. The largest absolute Gasteiger partial charge is 0.432 e. The molecule has 0 aliphatic rings. The number of halogens is 1. The number of benzene rings is 2. The molecule has 2 aromatic rings. The SMILES string of the molecule is Cc1c(N[C@@H](C(=O)NNC(=O)c2ccc(C#N)cc2)[C@H](C)CC(C)(C)[Si](C)(C)O)ccc(C#N)c1Cl. The summed E-state index contributed by atoms with van der Waals surface area (Å²) in [5.74, 6) is -1.25. The van der Waals surface area contributed by atoms with Crippen LogP contribution in [0.3, 0.4) is 0 Å². The maximum Gasteiger partial charge on any atom is 0.269 e. The van der Waals surface area contributed by atoms with Gasteiger partial charge in [0, 0.05) is 11.3 Å². The first-order chi connectivity index (χ1) is 16.7. The van der Waals surface area contributed by atoms with Gasteiger partial charge in [-0.3, -0.25) is 20.4 Å². The summed E-state index contributed by atoms with van der Waals surface area (Å²) < 4.78 is 0. The molecule has 2 amide bonds. The molecule has 0 unspecified atom stereocenters. The lowest BCUT2D eigenvalue weighted by molar-refractivity contribution is -0.123. The molecule has 0 aliphatic heterocycles. The average Bonchev–Trinajstić information content (AvgIpc) is 2.82. The molecule has 0 saturated heterocycles. The second kappa shape index (κ2) is 11.6. The lowest BCUT2D eigenvalue weighted by atomic mass is 9.90. The molecule has 10 heteroatoms. The number of hydrogen-bond acceptors (Lipinski definition) is 6. The van der Waals surface area contributed by atoms with E-state index in [1.807, 2.05) is 46.0 Å². The van der Waals surface area contributed by atoms with Gasteiger partial charge in [0.05, 0.1) is 22.2 Å². The van der Waals surface area contributed by atoms with Gasteiger partial charge >= 0.3 is 0 Å². The van der Waals surface area contributed by atoms with Gasteiger partial charge in [-0.05, 0) is 79.4 Å². The van der Waals surface area contributed by atoms with E-state index in [1.54, 1.807) is 19.1 Å². The van der Waals surface area contributed by atoms with Gasteiger partial charge in [0.25, 0.3) is 11.8 Å². The first-order valence-electron chi connectivity index (χ1n) is 11.5. The van der Waals surface area contributed by atoms with Gasteiger partial charge in [0.2, 0.25) is 0 Å². The Hall–Kier alpha value is -3.37. The van der Waals surface area contributed by atoms with E-state index in [2.05, 4.69) is 16.2 Å². The third-order valence-corrected chi connectivity index (χ3v) is 10.7. The highest BCUT2D eigenvalue weighted by atomic mass is 35.5. The summed E-state index contributed by atoms with van der Waals surface area (Å²) >= 11 is 6.33. The lowest BCUT2D eigenvalue weighted by Gasteiger charge is -2.39. The lowest BCUT2D eigenvalue weighted by Crippen LogP contribution is -2.52. The molecule has 2 rings (SSSR count). The quantitative estimate of drug-likeness (QED) is 0.292. The number of carbonyl (C=O) groups is 2. The Kier molecular flexibility index (Phi) is 9.28. The maximum absolute atomic E-state index is 13.3. The van der Waals surface area contributed by atoms with Crippen molar-refractivity contribution in [1.29, 1.82) is 10.5 Å². The molecule has 190 valence electrons. The minimum absolute atomic E-state index is 0.250. The van der Waals surface area contributed by atoms with Crippen molar-refractivity contribution in [1.82, 2.24) is 10.9 Å². The van der Waals surface area contributed by atoms with Crippen molar-refractivity contribution in [2.75, 3.05) is 5.32 Å². The number of nitriles is 2. The van der Waals surface area contributed by atoms with E-state index in [-0.39, 0.29) is 11.5 Å². The Morgan fingerprint density at radius 1 is 1.08 bits per heavy atom. The molecule has 36 heavy (non-hydrogen) atoms.